The predicted octanol–water partition coefficient (Wildman–Crippen LogP) is 3.22. The molecule has 21 heavy (non-hydrogen) atoms. The lowest BCUT2D eigenvalue weighted by Gasteiger charge is -2.06. The predicted molar refractivity (Wildman–Crippen MR) is 76.9 cm³/mol. The Morgan fingerprint density at radius 2 is 2.00 bits per heavy atom. The van der Waals surface area contributed by atoms with Crippen molar-refractivity contribution in [1.29, 1.82) is 0 Å². The third-order valence-corrected chi connectivity index (χ3v) is 2.83. The smallest absolute Gasteiger partial charge is 0.292 e. The van der Waals surface area contributed by atoms with Gasteiger partial charge in [-0.2, -0.15) is 0 Å². The number of carbonyl (C=O) groups is 1. The molecule has 0 saturated heterocycles. The van der Waals surface area contributed by atoms with Crippen LogP contribution in [0.25, 0.3) is 0 Å². The molecular weight excluding hydrogens is 301 g/mol. The van der Waals surface area contributed by atoms with Crippen molar-refractivity contribution in [2.45, 2.75) is 0 Å². The molecule has 1 amide bonds. The third kappa shape index (κ3) is 3.46. The summed E-state index contributed by atoms with van der Waals surface area (Å²) in [4.78, 5) is 22.1. The van der Waals surface area contributed by atoms with E-state index < -0.39 is 16.6 Å². The number of amides is 1. The zero-order valence-corrected chi connectivity index (χ0v) is 11.2. The van der Waals surface area contributed by atoms with Gasteiger partial charge in [-0.1, -0.05) is 11.6 Å². The maximum absolute atomic E-state index is 13.2. The van der Waals surface area contributed by atoms with Gasteiger partial charge in [0.2, 0.25) is 0 Å². The average Bonchev–Trinajstić information content (AvgIpc) is 2.37. The van der Waals surface area contributed by atoms with Crippen LogP contribution in [0.3, 0.4) is 0 Å². The zero-order chi connectivity index (χ0) is 15.6. The van der Waals surface area contributed by atoms with Gasteiger partial charge in [-0.3, -0.25) is 14.9 Å². The van der Waals surface area contributed by atoms with Crippen molar-refractivity contribution in [1.82, 2.24) is 0 Å². The minimum absolute atomic E-state index is 0.0243. The molecule has 0 aliphatic heterocycles. The largest absolute Gasteiger partial charge is 0.393 e. The van der Waals surface area contributed by atoms with Gasteiger partial charge in [0.25, 0.3) is 11.6 Å². The van der Waals surface area contributed by atoms with E-state index in [1.165, 1.54) is 18.2 Å². The Morgan fingerprint density at radius 3 is 2.62 bits per heavy atom. The zero-order valence-electron chi connectivity index (χ0n) is 10.5. The second-order valence-electron chi connectivity index (χ2n) is 4.14. The SMILES string of the molecule is Nc1ccc(C(=O)Nc2cc(F)cc(Cl)c2)cc1[N+](=O)[O-]. The van der Waals surface area contributed by atoms with Crippen molar-refractivity contribution in [3.05, 3.63) is 62.9 Å². The van der Waals surface area contributed by atoms with Crippen LogP contribution in [0.2, 0.25) is 5.02 Å². The number of hydrogen-bond acceptors (Lipinski definition) is 4. The van der Waals surface area contributed by atoms with E-state index in [9.17, 15) is 19.3 Å². The van der Waals surface area contributed by atoms with Gasteiger partial charge in [-0.25, -0.2) is 4.39 Å². The number of halogens is 2. The number of nitrogens with zero attached hydrogens (tertiary/aromatic N) is 1. The molecule has 0 saturated carbocycles. The molecule has 3 N–H and O–H groups in total. The van der Waals surface area contributed by atoms with Gasteiger partial charge in [0, 0.05) is 22.3 Å². The molecule has 0 aromatic heterocycles. The number of rotatable bonds is 3. The van der Waals surface area contributed by atoms with E-state index in [-0.39, 0.29) is 27.6 Å². The van der Waals surface area contributed by atoms with Gasteiger partial charge in [-0.05, 0) is 30.3 Å². The minimum atomic E-state index is -0.689. The van der Waals surface area contributed by atoms with Crippen LogP contribution in [-0.2, 0) is 0 Å². The van der Waals surface area contributed by atoms with E-state index in [1.54, 1.807) is 0 Å². The Morgan fingerprint density at radius 1 is 1.29 bits per heavy atom. The summed E-state index contributed by atoms with van der Waals surface area (Å²) >= 11 is 5.67. The molecule has 0 heterocycles. The number of nitro benzene ring substituents is 1. The van der Waals surface area contributed by atoms with E-state index in [0.717, 1.165) is 18.2 Å². The van der Waals surface area contributed by atoms with Gasteiger partial charge in [0.1, 0.15) is 11.5 Å². The quantitative estimate of drug-likeness (QED) is 0.516. The normalized spacial score (nSPS) is 10.2. The lowest BCUT2D eigenvalue weighted by molar-refractivity contribution is -0.383. The molecule has 108 valence electrons. The molecule has 2 rings (SSSR count). The van der Waals surface area contributed by atoms with Crippen LogP contribution in [0, 0.1) is 15.9 Å². The van der Waals surface area contributed by atoms with Crippen LogP contribution in [0.15, 0.2) is 36.4 Å². The number of nitrogen functional groups attached to an aromatic ring is 1. The molecule has 0 fully saturated rings. The van der Waals surface area contributed by atoms with Gasteiger partial charge in [0.15, 0.2) is 0 Å². The maximum atomic E-state index is 13.2. The standard InChI is InChI=1S/C13H9ClFN3O3/c14-8-4-9(15)6-10(5-8)17-13(19)7-1-2-11(16)12(3-7)18(20)21/h1-6H,16H2,(H,17,19). The Hall–Kier alpha value is -2.67. The fourth-order valence-electron chi connectivity index (χ4n) is 1.67. The number of nitrogens with one attached hydrogen (secondary N) is 1. The first-order valence-electron chi connectivity index (χ1n) is 5.68. The molecular formula is C13H9ClFN3O3. The van der Waals surface area contributed by atoms with Crippen LogP contribution in [0.4, 0.5) is 21.5 Å². The number of hydrogen-bond donors (Lipinski definition) is 2. The molecule has 0 bridgehead atoms. The van der Waals surface area contributed by atoms with E-state index >= 15 is 0 Å². The number of benzene rings is 2. The molecule has 0 unspecified atom stereocenters. The van der Waals surface area contributed by atoms with Gasteiger partial charge in [0.05, 0.1) is 4.92 Å². The molecule has 0 spiro atoms. The highest BCUT2D eigenvalue weighted by Crippen LogP contribution is 2.23. The summed E-state index contributed by atoms with van der Waals surface area (Å²) in [5.41, 5.74) is 5.18. The highest BCUT2D eigenvalue weighted by Gasteiger charge is 2.16. The molecule has 8 heteroatoms. The molecule has 2 aromatic rings. The highest BCUT2D eigenvalue weighted by molar-refractivity contribution is 6.31. The number of anilines is 2. The Kier molecular flexibility index (Phi) is 4.04. The first-order chi connectivity index (χ1) is 9.86. The van der Waals surface area contributed by atoms with Gasteiger partial charge >= 0.3 is 0 Å². The van der Waals surface area contributed by atoms with Crippen LogP contribution >= 0.6 is 11.6 Å². The summed E-state index contributed by atoms with van der Waals surface area (Å²) in [6, 6.07) is 7.16. The van der Waals surface area contributed by atoms with Crippen molar-refractivity contribution >= 4 is 34.6 Å². The van der Waals surface area contributed by atoms with Crippen molar-refractivity contribution < 1.29 is 14.1 Å². The summed E-state index contributed by atoms with van der Waals surface area (Å²) in [6.45, 7) is 0. The molecule has 0 aliphatic carbocycles. The molecule has 0 radical (unpaired) electrons. The minimum Gasteiger partial charge on any atom is -0.393 e. The fraction of sp³-hybridized carbons (Fsp3) is 0. The van der Waals surface area contributed by atoms with E-state index in [2.05, 4.69) is 5.32 Å². The molecule has 2 aromatic carbocycles. The monoisotopic (exact) mass is 309 g/mol. The summed E-state index contributed by atoms with van der Waals surface area (Å²) in [5.74, 6) is -1.25. The maximum Gasteiger partial charge on any atom is 0.292 e. The second kappa shape index (κ2) is 5.76. The summed E-state index contributed by atoms with van der Waals surface area (Å²) in [5, 5.41) is 13.3. The van der Waals surface area contributed by atoms with Crippen molar-refractivity contribution in [3.63, 3.8) is 0 Å². The van der Waals surface area contributed by atoms with Crippen LogP contribution < -0.4 is 11.1 Å². The van der Waals surface area contributed by atoms with Crippen molar-refractivity contribution in [2.24, 2.45) is 0 Å². The summed E-state index contributed by atoms with van der Waals surface area (Å²) in [6.07, 6.45) is 0. The molecule has 0 aliphatic rings. The number of nitro groups is 1. The highest BCUT2D eigenvalue weighted by atomic mass is 35.5. The lowest BCUT2D eigenvalue weighted by Crippen LogP contribution is -2.12. The number of nitrogens with two attached hydrogens (primary N) is 1. The van der Waals surface area contributed by atoms with Gasteiger partial charge in [-0.15, -0.1) is 0 Å². The third-order valence-electron chi connectivity index (χ3n) is 2.61. The van der Waals surface area contributed by atoms with E-state index in [4.69, 9.17) is 17.3 Å². The topological polar surface area (TPSA) is 98.3 Å². The van der Waals surface area contributed by atoms with Gasteiger partial charge < -0.3 is 11.1 Å². The average molecular weight is 310 g/mol. The molecule has 0 atom stereocenters. The van der Waals surface area contributed by atoms with Crippen LogP contribution in [0.1, 0.15) is 10.4 Å². The number of carbonyl (C=O) groups excluding carboxylic acids is 1. The molecule has 6 nitrogen and oxygen atoms in total. The van der Waals surface area contributed by atoms with E-state index in [1.807, 2.05) is 0 Å². The fourth-order valence-corrected chi connectivity index (χ4v) is 1.89. The first kappa shape index (κ1) is 14.7. The summed E-state index contributed by atoms with van der Waals surface area (Å²) in [7, 11) is 0. The van der Waals surface area contributed by atoms with Crippen LogP contribution in [-0.4, -0.2) is 10.8 Å². The summed E-state index contributed by atoms with van der Waals surface area (Å²) < 4.78 is 13.2. The van der Waals surface area contributed by atoms with E-state index in [0.29, 0.717) is 0 Å². The van der Waals surface area contributed by atoms with Crippen LogP contribution in [0.5, 0.6) is 0 Å². The Balaban J connectivity index is 2.28. The van der Waals surface area contributed by atoms with Crippen molar-refractivity contribution in [3.8, 4) is 0 Å². The first-order valence-corrected chi connectivity index (χ1v) is 6.06. The lowest BCUT2D eigenvalue weighted by atomic mass is 10.1. The Labute approximate surface area is 123 Å². The van der Waals surface area contributed by atoms with Crippen molar-refractivity contribution in [2.75, 3.05) is 11.1 Å². The Bertz CT molecular complexity index is 716. The second-order valence-corrected chi connectivity index (χ2v) is 4.58.